The maximum absolute atomic E-state index is 12.8. The van der Waals surface area contributed by atoms with Crippen molar-refractivity contribution < 1.29 is 9.90 Å². The maximum Gasteiger partial charge on any atom is 0.261 e. The molecule has 6 heteroatoms. The SMILES string of the molecule is O=C(NCCc1ccc(O)cc1)c1ccc2c(=O)n3c(nc2c1)CCCCC3. The van der Waals surface area contributed by atoms with Crippen LogP contribution in [-0.4, -0.2) is 27.1 Å². The molecule has 6 nitrogen and oxygen atoms in total. The van der Waals surface area contributed by atoms with Crippen LogP contribution in [0.15, 0.2) is 47.3 Å². The van der Waals surface area contributed by atoms with Crippen LogP contribution < -0.4 is 10.9 Å². The lowest BCUT2D eigenvalue weighted by Crippen LogP contribution is -2.27. The van der Waals surface area contributed by atoms with Crippen molar-refractivity contribution in [1.29, 1.82) is 0 Å². The van der Waals surface area contributed by atoms with Gasteiger partial charge in [0.2, 0.25) is 0 Å². The van der Waals surface area contributed by atoms with Crippen LogP contribution in [0.4, 0.5) is 0 Å². The van der Waals surface area contributed by atoms with E-state index in [0.717, 1.165) is 43.6 Å². The second-order valence-electron chi connectivity index (χ2n) is 7.20. The molecule has 0 fully saturated rings. The summed E-state index contributed by atoms with van der Waals surface area (Å²) in [6.07, 6.45) is 4.62. The van der Waals surface area contributed by atoms with Gasteiger partial charge in [-0.1, -0.05) is 18.6 Å². The van der Waals surface area contributed by atoms with Crippen LogP contribution in [0, 0.1) is 0 Å². The molecule has 1 amide bonds. The summed E-state index contributed by atoms with van der Waals surface area (Å²) in [7, 11) is 0. The molecule has 1 aliphatic rings. The van der Waals surface area contributed by atoms with Gasteiger partial charge in [0.1, 0.15) is 11.6 Å². The van der Waals surface area contributed by atoms with Crippen molar-refractivity contribution in [2.45, 2.75) is 38.6 Å². The fraction of sp³-hybridized carbons (Fsp3) is 0.318. The van der Waals surface area contributed by atoms with Gasteiger partial charge in [-0.25, -0.2) is 4.98 Å². The van der Waals surface area contributed by atoms with E-state index in [1.807, 2.05) is 12.1 Å². The number of phenols is 1. The van der Waals surface area contributed by atoms with Crippen LogP contribution in [0.1, 0.15) is 41.0 Å². The van der Waals surface area contributed by atoms with E-state index in [9.17, 15) is 14.7 Å². The second-order valence-corrected chi connectivity index (χ2v) is 7.20. The van der Waals surface area contributed by atoms with Crippen molar-refractivity contribution in [2.24, 2.45) is 0 Å². The molecule has 0 radical (unpaired) electrons. The number of benzene rings is 2. The van der Waals surface area contributed by atoms with Gasteiger partial charge in [-0.2, -0.15) is 0 Å². The van der Waals surface area contributed by atoms with Crippen molar-refractivity contribution in [2.75, 3.05) is 6.54 Å². The molecule has 0 spiro atoms. The summed E-state index contributed by atoms with van der Waals surface area (Å²) < 4.78 is 1.78. The number of aryl methyl sites for hydroxylation is 1. The minimum Gasteiger partial charge on any atom is -0.508 e. The molecule has 3 aromatic rings. The Morgan fingerprint density at radius 2 is 1.93 bits per heavy atom. The average Bonchev–Trinajstić information content (AvgIpc) is 2.95. The Hall–Kier alpha value is -3.15. The molecule has 1 aromatic heterocycles. The summed E-state index contributed by atoms with van der Waals surface area (Å²) in [5.74, 6) is 0.864. The van der Waals surface area contributed by atoms with Crippen molar-refractivity contribution in [3.8, 4) is 5.75 Å². The predicted molar refractivity (Wildman–Crippen MR) is 108 cm³/mol. The van der Waals surface area contributed by atoms with Gasteiger partial charge in [-0.05, 0) is 55.2 Å². The lowest BCUT2D eigenvalue weighted by atomic mass is 10.1. The molecule has 144 valence electrons. The summed E-state index contributed by atoms with van der Waals surface area (Å²) in [4.78, 5) is 29.9. The van der Waals surface area contributed by atoms with E-state index < -0.39 is 0 Å². The van der Waals surface area contributed by atoms with E-state index in [2.05, 4.69) is 10.3 Å². The van der Waals surface area contributed by atoms with Gasteiger partial charge in [-0.3, -0.25) is 14.2 Å². The highest BCUT2D eigenvalue weighted by atomic mass is 16.3. The molecule has 0 aliphatic carbocycles. The summed E-state index contributed by atoms with van der Waals surface area (Å²) in [6.45, 7) is 1.21. The Morgan fingerprint density at radius 3 is 2.75 bits per heavy atom. The minimum absolute atomic E-state index is 0.0128. The van der Waals surface area contributed by atoms with Gasteiger partial charge in [0.05, 0.1) is 10.9 Å². The van der Waals surface area contributed by atoms with E-state index in [0.29, 0.717) is 29.4 Å². The van der Waals surface area contributed by atoms with Gasteiger partial charge in [0, 0.05) is 25.1 Å². The number of hydrogen-bond donors (Lipinski definition) is 2. The first kappa shape index (κ1) is 18.2. The predicted octanol–water partition coefficient (Wildman–Crippen LogP) is 2.80. The molecule has 0 atom stereocenters. The number of aromatic hydroxyl groups is 1. The number of amides is 1. The van der Waals surface area contributed by atoms with Crippen LogP contribution in [0.3, 0.4) is 0 Å². The Kier molecular flexibility index (Phi) is 5.10. The number of aromatic nitrogens is 2. The van der Waals surface area contributed by atoms with E-state index >= 15 is 0 Å². The molecule has 2 heterocycles. The van der Waals surface area contributed by atoms with E-state index in [1.54, 1.807) is 34.9 Å². The third-order valence-corrected chi connectivity index (χ3v) is 5.21. The number of carbonyl (C=O) groups excluding carboxylic acids is 1. The van der Waals surface area contributed by atoms with Gasteiger partial charge in [0.15, 0.2) is 0 Å². The molecular formula is C22H23N3O3. The number of phenolic OH excluding ortho intramolecular Hbond substituents is 1. The van der Waals surface area contributed by atoms with Gasteiger partial charge in [0.25, 0.3) is 11.5 Å². The summed E-state index contributed by atoms with van der Waals surface area (Å²) in [5, 5.41) is 12.8. The topological polar surface area (TPSA) is 84.2 Å². The smallest absolute Gasteiger partial charge is 0.261 e. The summed E-state index contributed by atoms with van der Waals surface area (Å²) >= 11 is 0. The van der Waals surface area contributed by atoms with Crippen molar-refractivity contribution >= 4 is 16.8 Å². The fourth-order valence-electron chi connectivity index (χ4n) is 3.64. The van der Waals surface area contributed by atoms with Crippen molar-refractivity contribution in [3.63, 3.8) is 0 Å². The highest BCUT2D eigenvalue weighted by Crippen LogP contribution is 2.16. The third-order valence-electron chi connectivity index (χ3n) is 5.21. The van der Waals surface area contributed by atoms with Crippen LogP contribution in [0.2, 0.25) is 0 Å². The number of nitrogens with one attached hydrogen (secondary N) is 1. The number of nitrogens with zero attached hydrogens (tertiary/aromatic N) is 2. The van der Waals surface area contributed by atoms with Crippen LogP contribution >= 0.6 is 0 Å². The van der Waals surface area contributed by atoms with Gasteiger partial charge >= 0.3 is 0 Å². The second kappa shape index (κ2) is 7.84. The molecule has 2 N–H and O–H groups in total. The third kappa shape index (κ3) is 3.76. The zero-order chi connectivity index (χ0) is 19.5. The lowest BCUT2D eigenvalue weighted by Gasteiger charge is -2.11. The normalized spacial score (nSPS) is 13.7. The van der Waals surface area contributed by atoms with Crippen molar-refractivity contribution in [3.05, 3.63) is 69.8 Å². The quantitative estimate of drug-likeness (QED) is 0.732. The molecule has 4 rings (SSSR count). The average molecular weight is 377 g/mol. The fourth-order valence-corrected chi connectivity index (χ4v) is 3.64. The molecule has 0 saturated carbocycles. The summed E-state index contributed by atoms with van der Waals surface area (Å²) in [6, 6.07) is 12.0. The molecule has 2 aromatic carbocycles. The van der Waals surface area contributed by atoms with Crippen LogP contribution in [0.25, 0.3) is 10.9 Å². The van der Waals surface area contributed by atoms with Gasteiger partial charge < -0.3 is 10.4 Å². The Bertz CT molecular complexity index is 1070. The van der Waals surface area contributed by atoms with E-state index in [-0.39, 0.29) is 17.2 Å². The highest BCUT2D eigenvalue weighted by molar-refractivity contribution is 5.97. The number of rotatable bonds is 4. The van der Waals surface area contributed by atoms with E-state index in [1.165, 1.54) is 0 Å². The van der Waals surface area contributed by atoms with E-state index in [4.69, 9.17) is 0 Å². The molecule has 0 bridgehead atoms. The molecule has 28 heavy (non-hydrogen) atoms. The summed E-state index contributed by atoms with van der Waals surface area (Å²) in [5.41, 5.74) is 2.11. The van der Waals surface area contributed by atoms with Gasteiger partial charge in [-0.15, -0.1) is 0 Å². The first-order chi connectivity index (χ1) is 13.6. The van der Waals surface area contributed by atoms with Crippen molar-refractivity contribution in [1.82, 2.24) is 14.9 Å². The molecule has 0 saturated heterocycles. The van der Waals surface area contributed by atoms with Crippen LogP contribution in [-0.2, 0) is 19.4 Å². The largest absolute Gasteiger partial charge is 0.508 e. The highest BCUT2D eigenvalue weighted by Gasteiger charge is 2.15. The maximum atomic E-state index is 12.8. The molecular weight excluding hydrogens is 354 g/mol. The monoisotopic (exact) mass is 377 g/mol. The molecule has 0 unspecified atom stereocenters. The zero-order valence-electron chi connectivity index (χ0n) is 15.6. The number of carbonyl (C=O) groups is 1. The zero-order valence-corrected chi connectivity index (χ0v) is 15.6. The molecule has 1 aliphatic heterocycles. The standard InChI is InChI=1S/C22H23N3O3/c26-17-8-5-15(6-9-17)11-12-23-21(27)16-7-10-18-19(14-16)24-20-4-2-1-3-13-25(20)22(18)28/h5-10,14,26H,1-4,11-13H2,(H,23,27). The first-order valence-corrected chi connectivity index (χ1v) is 9.71. The Labute approximate surface area is 162 Å². The first-order valence-electron chi connectivity index (χ1n) is 9.71. The number of hydrogen-bond acceptors (Lipinski definition) is 4. The Morgan fingerprint density at radius 1 is 1.11 bits per heavy atom. The lowest BCUT2D eigenvalue weighted by molar-refractivity contribution is 0.0954. The minimum atomic E-state index is -0.183. The Balaban J connectivity index is 1.51. The van der Waals surface area contributed by atoms with Crippen LogP contribution in [0.5, 0.6) is 5.75 Å². The number of fused-ring (bicyclic) bond motifs is 2.